The first-order valence-electron chi connectivity index (χ1n) is 15.8. The maximum atomic E-state index is 12.2. The fraction of sp³-hybridized carbons (Fsp3) is 0.900. The van der Waals surface area contributed by atoms with Crippen LogP contribution in [-0.2, 0) is 32.9 Å². The van der Waals surface area contributed by atoms with Gasteiger partial charge in [-0.2, -0.15) is 0 Å². The van der Waals surface area contributed by atoms with E-state index in [2.05, 4.69) is 11.4 Å². The molecule has 0 fully saturated rings. The average molecular weight is 625 g/mol. The zero-order chi connectivity index (χ0) is 30.6. The minimum atomic E-state index is -4.74. The Balaban J connectivity index is 3.94. The normalized spacial score (nSPS) is 12.3. The molecule has 242 valence electrons. The number of phosphoric ester groups is 1. The van der Waals surface area contributed by atoms with Gasteiger partial charge in [-0.15, -0.1) is 0 Å². The van der Waals surface area contributed by atoms with Crippen molar-refractivity contribution >= 4 is 36.6 Å². The Kier molecular flexibility index (Phi) is 27.2. The molecule has 11 heteroatoms. The number of hydrogen-bond donors (Lipinski definition) is 2. The molecule has 0 amide bonds. The van der Waals surface area contributed by atoms with Crippen molar-refractivity contribution in [3.63, 3.8) is 0 Å². The highest BCUT2D eigenvalue weighted by Gasteiger charge is 2.22. The number of hydrogen-bond acceptors (Lipinski definition) is 8. The second kappa shape index (κ2) is 27.9. The third-order valence-electron chi connectivity index (χ3n) is 6.72. The van der Waals surface area contributed by atoms with E-state index in [-0.39, 0.29) is 24.6 Å². The van der Waals surface area contributed by atoms with E-state index in [1.165, 1.54) is 76.0 Å². The van der Waals surface area contributed by atoms with Gasteiger partial charge in [-0.05, 0) is 19.3 Å². The Morgan fingerprint density at radius 2 is 1.10 bits per heavy atom. The summed E-state index contributed by atoms with van der Waals surface area (Å²) in [5.41, 5.74) is 0. The van der Waals surface area contributed by atoms with Crippen molar-refractivity contribution in [2.45, 2.75) is 155 Å². The molecule has 0 rings (SSSR count). The maximum absolute atomic E-state index is 12.2. The summed E-state index contributed by atoms with van der Waals surface area (Å²) < 4.78 is 26.1. The van der Waals surface area contributed by atoms with E-state index in [0.717, 1.165) is 50.7 Å². The van der Waals surface area contributed by atoms with Crippen LogP contribution in [0.15, 0.2) is 0 Å². The van der Waals surface area contributed by atoms with Gasteiger partial charge in [0.25, 0.3) is 0 Å². The highest BCUT2D eigenvalue weighted by molar-refractivity contribution is 8.13. The van der Waals surface area contributed by atoms with Crippen molar-refractivity contribution in [3.05, 3.63) is 0 Å². The summed E-state index contributed by atoms with van der Waals surface area (Å²) in [5, 5.41) is 0.198. The van der Waals surface area contributed by atoms with Gasteiger partial charge in [-0.1, -0.05) is 121 Å². The third kappa shape index (κ3) is 31.8. The van der Waals surface area contributed by atoms with Gasteiger partial charge in [0.2, 0.25) is 0 Å². The number of thioether (sulfide) groups is 1. The van der Waals surface area contributed by atoms with Gasteiger partial charge in [0, 0.05) is 25.5 Å². The van der Waals surface area contributed by atoms with E-state index < -0.39 is 32.5 Å². The summed E-state index contributed by atoms with van der Waals surface area (Å²) >= 11 is 1.41. The van der Waals surface area contributed by atoms with Crippen LogP contribution in [0.3, 0.4) is 0 Å². The van der Waals surface area contributed by atoms with Crippen molar-refractivity contribution in [1.29, 1.82) is 0 Å². The Labute approximate surface area is 252 Å². The smallest absolute Gasteiger partial charge is 0.462 e. The molecule has 0 aliphatic heterocycles. The Morgan fingerprint density at radius 1 is 0.659 bits per heavy atom. The molecule has 9 nitrogen and oxygen atoms in total. The summed E-state index contributed by atoms with van der Waals surface area (Å²) in [4.78, 5) is 53.2. The standard InChI is InChI=1S/C30H57O9PS/c1-3-4-5-6-7-13-17-20-23-30(33)39-28(26-38-40(34,35)36)25-37-29(32)22-19-16-14-11-9-8-10-12-15-18-21-24-41-27(2)31/h28H,3-26H2,1-2H3,(H2,34,35,36)/t28-/m1/s1. The summed E-state index contributed by atoms with van der Waals surface area (Å²) in [6, 6.07) is 0. The van der Waals surface area contributed by atoms with Crippen LogP contribution in [0, 0.1) is 0 Å². The quantitative estimate of drug-likeness (QED) is 0.0478. The summed E-state index contributed by atoms with van der Waals surface area (Å²) in [7, 11) is -4.74. The van der Waals surface area contributed by atoms with Crippen LogP contribution < -0.4 is 0 Å². The summed E-state index contributed by atoms with van der Waals surface area (Å²) in [6.07, 6.45) is 20.4. The van der Waals surface area contributed by atoms with Crippen LogP contribution in [-0.4, -0.2) is 51.9 Å². The molecular formula is C30H57O9PS. The molecule has 1 atom stereocenters. The fourth-order valence-corrected chi connectivity index (χ4v) is 5.38. The number of phosphoric acid groups is 1. The van der Waals surface area contributed by atoms with Crippen LogP contribution in [0.25, 0.3) is 0 Å². The molecule has 0 aliphatic carbocycles. The first-order chi connectivity index (χ1) is 19.6. The molecule has 0 aromatic heterocycles. The van der Waals surface area contributed by atoms with Crippen molar-refractivity contribution in [2.24, 2.45) is 0 Å². The van der Waals surface area contributed by atoms with E-state index in [0.29, 0.717) is 12.8 Å². The van der Waals surface area contributed by atoms with E-state index in [1.807, 2.05) is 0 Å². The average Bonchev–Trinajstić information content (AvgIpc) is 2.91. The molecule has 0 heterocycles. The van der Waals surface area contributed by atoms with Gasteiger partial charge < -0.3 is 19.3 Å². The molecule has 0 bridgehead atoms. The number of ether oxygens (including phenoxy) is 2. The lowest BCUT2D eigenvalue weighted by atomic mass is 10.1. The van der Waals surface area contributed by atoms with E-state index in [1.54, 1.807) is 6.92 Å². The number of rotatable bonds is 29. The van der Waals surface area contributed by atoms with Gasteiger partial charge in [0.05, 0.1) is 6.61 Å². The molecule has 0 saturated heterocycles. The lowest BCUT2D eigenvalue weighted by Gasteiger charge is -2.18. The van der Waals surface area contributed by atoms with Gasteiger partial charge >= 0.3 is 19.8 Å². The molecule has 2 N–H and O–H groups in total. The Hall–Kier alpha value is -0.930. The predicted molar refractivity (Wildman–Crippen MR) is 165 cm³/mol. The van der Waals surface area contributed by atoms with Crippen molar-refractivity contribution in [1.82, 2.24) is 0 Å². The topological polar surface area (TPSA) is 136 Å². The van der Waals surface area contributed by atoms with E-state index in [4.69, 9.17) is 19.3 Å². The SMILES string of the molecule is CCCCCCCCCCC(=O)O[C@H](COC(=O)CCCCCCCCCCCCCSC(C)=O)COP(=O)(O)O. The van der Waals surface area contributed by atoms with Crippen LogP contribution in [0.4, 0.5) is 0 Å². The minimum absolute atomic E-state index is 0.198. The lowest BCUT2D eigenvalue weighted by Crippen LogP contribution is -2.29. The molecule has 0 saturated carbocycles. The van der Waals surface area contributed by atoms with Crippen LogP contribution in [0.2, 0.25) is 0 Å². The largest absolute Gasteiger partial charge is 0.469 e. The molecular weight excluding hydrogens is 567 g/mol. The molecule has 0 aromatic carbocycles. The number of carbonyl (C=O) groups excluding carboxylic acids is 3. The monoisotopic (exact) mass is 624 g/mol. The summed E-state index contributed by atoms with van der Waals surface area (Å²) in [6.45, 7) is 2.96. The van der Waals surface area contributed by atoms with Gasteiger partial charge in [0.1, 0.15) is 6.61 Å². The van der Waals surface area contributed by atoms with Crippen LogP contribution >= 0.6 is 19.6 Å². The number of carbonyl (C=O) groups is 3. The molecule has 0 unspecified atom stereocenters. The number of esters is 2. The molecule has 41 heavy (non-hydrogen) atoms. The van der Waals surface area contributed by atoms with Crippen LogP contribution in [0.5, 0.6) is 0 Å². The molecule has 0 spiro atoms. The Bertz CT molecular complexity index is 714. The predicted octanol–water partition coefficient (Wildman–Crippen LogP) is 8.04. The first-order valence-corrected chi connectivity index (χ1v) is 18.3. The van der Waals surface area contributed by atoms with Crippen molar-refractivity contribution < 1.29 is 42.7 Å². The number of unbranched alkanes of at least 4 members (excludes halogenated alkanes) is 17. The van der Waals surface area contributed by atoms with Gasteiger partial charge in [-0.25, -0.2) is 4.57 Å². The van der Waals surface area contributed by atoms with Crippen LogP contribution in [0.1, 0.15) is 149 Å². The summed E-state index contributed by atoms with van der Waals surface area (Å²) in [5.74, 6) is 0.0172. The van der Waals surface area contributed by atoms with Gasteiger partial charge in [-0.3, -0.25) is 18.9 Å². The third-order valence-corrected chi connectivity index (χ3v) is 8.11. The highest BCUT2D eigenvalue weighted by atomic mass is 32.2. The second-order valence-corrected chi connectivity index (χ2v) is 13.3. The zero-order valence-electron chi connectivity index (χ0n) is 25.7. The molecule has 0 aliphatic rings. The molecule has 0 radical (unpaired) electrons. The lowest BCUT2D eigenvalue weighted by molar-refractivity contribution is -0.161. The van der Waals surface area contributed by atoms with Crippen molar-refractivity contribution in [3.8, 4) is 0 Å². The second-order valence-electron chi connectivity index (χ2n) is 10.8. The van der Waals surface area contributed by atoms with E-state index in [9.17, 15) is 18.9 Å². The minimum Gasteiger partial charge on any atom is -0.462 e. The highest BCUT2D eigenvalue weighted by Crippen LogP contribution is 2.36. The maximum Gasteiger partial charge on any atom is 0.469 e. The first kappa shape index (κ1) is 40.1. The molecule has 0 aromatic rings. The van der Waals surface area contributed by atoms with Crippen molar-refractivity contribution in [2.75, 3.05) is 19.0 Å². The van der Waals surface area contributed by atoms with Gasteiger partial charge in [0.15, 0.2) is 11.2 Å². The zero-order valence-corrected chi connectivity index (χ0v) is 27.4. The van der Waals surface area contributed by atoms with E-state index >= 15 is 0 Å². The fourth-order valence-electron chi connectivity index (χ4n) is 4.38. The Morgan fingerprint density at radius 3 is 1.56 bits per heavy atom.